The summed E-state index contributed by atoms with van der Waals surface area (Å²) in [6.45, 7) is 8.96. The summed E-state index contributed by atoms with van der Waals surface area (Å²) < 4.78 is 6.23. The number of hydrogen-bond acceptors (Lipinski definition) is 2. The van der Waals surface area contributed by atoms with Crippen LogP contribution in [0.2, 0.25) is 6.32 Å². The third-order valence-electron chi connectivity index (χ3n) is 4.89. The molecule has 4 heteroatoms. The third kappa shape index (κ3) is 1.98. The van der Waals surface area contributed by atoms with E-state index in [4.69, 9.17) is 4.65 Å². The molecule has 1 amide bonds. The van der Waals surface area contributed by atoms with E-state index < -0.39 is 0 Å². The fourth-order valence-electron chi connectivity index (χ4n) is 2.90. The number of rotatable bonds is 1. The molecule has 1 saturated heterocycles. The third-order valence-corrected chi connectivity index (χ3v) is 4.89. The summed E-state index contributed by atoms with van der Waals surface area (Å²) in [5.74, 6) is 0.0835. The van der Waals surface area contributed by atoms with E-state index in [1.165, 1.54) is 5.46 Å². The molecule has 0 atom stereocenters. The van der Waals surface area contributed by atoms with Gasteiger partial charge in [-0.2, -0.15) is 0 Å². The average molecular weight is 257 g/mol. The van der Waals surface area contributed by atoms with Crippen molar-refractivity contribution in [3.05, 3.63) is 23.8 Å². The number of carbonyl (C=O) groups is 1. The lowest BCUT2D eigenvalue weighted by atomic mass is 9.54. The predicted octanol–water partition coefficient (Wildman–Crippen LogP) is 2.21. The molecule has 2 aliphatic heterocycles. The SMILES string of the molecule is CC1(C)CB(c2ccc3c(c2)CC(=O)N3)OC1(C)C. The Morgan fingerprint density at radius 1 is 1.26 bits per heavy atom. The molecular weight excluding hydrogens is 237 g/mol. The summed E-state index contributed by atoms with van der Waals surface area (Å²) >= 11 is 0. The predicted molar refractivity (Wildman–Crippen MR) is 77.9 cm³/mol. The van der Waals surface area contributed by atoms with Crippen LogP contribution < -0.4 is 10.8 Å². The molecule has 0 unspecified atom stereocenters. The highest BCUT2D eigenvalue weighted by molar-refractivity contribution is 6.68. The molecule has 1 fully saturated rings. The van der Waals surface area contributed by atoms with Gasteiger partial charge in [0.15, 0.2) is 0 Å². The topological polar surface area (TPSA) is 38.3 Å². The zero-order chi connectivity index (χ0) is 13.8. The molecule has 0 spiro atoms. The Kier molecular flexibility index (Phi) is 2.58. The summed E-state index contributed by atoms with van der Waals surface area (Å²) in [5.41, 5.74) is 3.27. The molecule has 0 bridgehead atoms. The van der Waals surface area contributed by atoms with Gasteiger partial charge in [-0.25, -0.2) is 0 Å². The van der Waals surface area contributed by atoms with E-state index >= 15 is 0 Å². The van der Waals surface area contributed by atoms with Crippen LogP contribution >= 0.6 is 0 Å². The summed E-state index contributed by atoms with van der Waals surface area (Å²) in [5, 5.41) is 2.87. The van der Waals surface area contributed by atoms with Crippen molar-refractivity contribution in [2.45, 2.75) is 46.0 Å². The van der Waals surface area contributed by atoms with Crippen molar-refractivity contribution in [2.24, 2.45) is 5.41 Å². The number of fused-ring (bicyclic) bond motifs is 1. The maximum absolute atomic E-state index is 11.4. The van der Waals surface area contributed by atoms with Crippen LogP contribution in [0.3, 0.4) is 0 Å². The highest BCUT2D eigenvalue weighted by atomic mass is 16.5. The highest BCUT2D eigenvalue weighted by Gasteiger charge is 2.49. The molecule has 1 aromatic carbocycles. The molecule has 1 aromatic rings. The number of hydrogen-bond donors (Lipinski definition) is 1. The smallest absolute Gasteiger partial charge is 0.327 e. The zero-order valence-corrected chi connectivity index (χ0v) is 12.0. The Labute approximate surface area is 114 Å². The lowest BCUT2D eigenvalue weighted by molar-refractivity contribution is -0.115. The largest absolute Gasteiger partial charge is 0.426 e. The fraction of sp³-hybridized carbons (Fsp3) is 0.533. The Morgan fingerprint density at radius 2 is 2.00 bits per heavy atom. The molecule has 2 heterocycles. The van der Waals surface area contributed by atoms with E-state index in [9.17, 15) is 4.79 Å². The fourth-order valence-corrected chi connectivity index (χ4v) is 2.90. The lowest BCUT2D eigenvalue weighted by Crippen LogP contribution is -2.36. The van der Waals surface area contributed by atoms with Gasteiger partial charge in [0.05, 0.1) is 12.0 Å². The van der Waals surface area contributed by atoms with E-state index in [1.54, 1.807) is 0 Å². The number of carbonyl (C=O) groups excluding carboxylic acids is 1. The minimum absolute atomic E-state index is 0.0835. The van der Waals surface area contributed by atoms with Gasteiger partial charge in [0, 0.05) is 5.69 Å². The standard InChI is InChI=1S/C15H20BNO2/c1-14(2)9-16(19-15(14,3)4)11-5-6-12-10(7-11)8-13(18)17-12/h5-7H,8-9H2,1-4H3,(H,17,18). The van der Waals surface area contributed by atoms with Crippen molar-refractivity contribution < 1.29 is 9.45 Å². The van der Waals surface area contributed by atoms with Crippen LogP contribution in [0.4, 0.5) is 5.69 Å². The van der Waals surface area contributed by atoms with Gasteiger partial charge in [-0.1, -0.05) is 26.0 Å². The van der Waals surface area contributed by atoms with Gasteiger partial charge in [-0.3, -0.25) is 4.79 Å². The van der Waals surface area contributed by atoms with Crippen LogP contribution in [-0.4, -0.2) is 18.4 Å². The van der Waals surface area contributed by atoms with Crippen molar-refractivity contribution in [3.63, 3.8) is 0 Å². The summed E-state index contributed by atoms with van der Waals surface area (Å²) in [7, 11) is 0. The summed E-state index contributed by atoms with van der Waals surface area (Å²) in [6.07, 6.45) is 1.50. The second kappa shape index (κ2) is 3.86. The molecule has 3 nitrogen and oxygen atoms in total. The molecule has 19 heavy (non-hydrogen) atoms. The molecule has 0 aliphatic carbocycles. The van der Waals surface area contributed by atoms with E-state index in [-0.39, 0.29) is 23.8 Å². The Hall–Kier alpha value is -1.29. The summed E-state index contributed by atoms with van der Waals surface area (Å²) in [4.78, 5) is 11.4. The van der Waals surface area contributed by atoms with Crippen molar-refractivity contribution >= 4 is 24.0 Å². The molecule has 0 aromatic heterocycles. The molecule has 0 radical (unpaired) electrons. The molecule has 1 N–H and O–H groups in total. The van der Waals surface area contributed by atoms with Gasteiger partial charge in [-0.15, -0.1) is 0 Å². The second-order valence-corrected chi connectivity index (χ2v) is 6.85. The van der Waals surface area contributed by atoms with E-state index in [1.807, 2.05) is 6.07 Å². The van der Waals surface area contributed by atoms with Crippen LogP contribution in [-0.2, 0) is 15.9 Å². The minimum Gasteiger partial charge on any atom is -0.426 e. The van der Waals surface area contributed by atoms with Crippen molar-refractivity contribution in [1.82, 2.24) is 0 Å². The number of benzene rings is 1. The first kappa shape index (κ1) is 12.7. The zero-order valence-electron chi connectivity index (χ0n) is 12.0. The molecule has 2 aliphatic rings. The van der Waals surface area contributed by atoms with Gasteiger partial charge in [0.1, 0.15) is 0 Å². The molecule has 100 valence electrons. The van der Waals surface area contributed by atoms with Gasteiger partial charge < -0.3 is 9.97 Å². The van der Waals surface area contributed by atoms with Crippen molar-refractivity contribution in [1.29, 1.82) is 0 Å². The first-order valence-electron chi connectivity index (χ1n) is 6.89. The number of nitrogens with one attached hydrogen (secondary N) is 1. The van der Waals surface area contributed by atoms with E-state index in [0.29, 0.717) is 6.42 Å². The van der Waals surface area contributed by atoms with Crippen LogP contribution in [0.5, 0.6) is 0 Å². The van der Waals surface area contributed by atoms with Crippen LogP contribution in [0.15, 0.2) is 18.2 Å². The number of amides is 1. The van der Waals surface area contributed by atoms with Crippen LogP contribution in [0.25, 0.3) is 0 Å². The average Bonchev–Trinajstić information content (AvgIpc) is 2.74. The Balaban J connectivity index is 1.90. The highest BCUT2D eigenvalue weighted by Crippen LogP contribution is 2.45. The minimum atomic E-state index is -0.120. The monoisotopic (exact) mass is 257 g/mol. The summed E-state index contributed by atoms with van der Waals surface area (Å²) in [6, 6.07) is 6.19. The van der Waals surface area contributed by atoms with Crippen LogP contribution in [0.1, 0.15) is 33.3 Å². The quantitative estimate of drug-likeness (QED) is 0.783. The molecule has 3 rings (SSSR count). The molecular formula is C15H20BNO2. The Morgan fingerprint density at radius 3 is 2.63 bits per heavy atom. The maximum Gasteiger partial charge on any atom is 0.327 e. The Bertz CT molecular complexity index is 535. The first-order valence-corrected chi connectivity index (χ1v) is 6.89. The van der Waals surface area contributed by atoms with Gasteiger partial charge >= 0.3 is 6.92 Å². The number of anilines is 1. The van der Waals surface area contributed by atoms with E-state index in [2.05, 4.69) is 45.1 Å². The van der Waals surface area contributed by atoms with E-state index in [0.717, 1.165) is 17.6 Å². The van der Waals surface area contributed by atoms with Crippen molar-refractivity contribution in [2.75, 3.05) is 5.32 Å². The van der Waals surface area contributed by atoms with Crippen molar-refractivity contribution in [3.8, 4) is 0 Å². The molecule has 0 saturated carbocycles. The van der Waals surface area contributed by atoms with Crippen LogP contribution in [0, 0.1) is 5.41 Å². The first-order chi connectivity index (χ1) is 8.78. The van der Waals surface area contributed by atoms with Gasteiger partial charge in [0.2, 0.25) is 5.91 Å². The second-order valence-electron chi connectivity index (χ2n) is 6.85. The normalized spacial score (nSPS) is 23.4. The maximum atomic E-state index is 11.4. The lowest BCUT2D eigenvalue weighted by Gasteiger charge is -2.34. The van der Waals surface area contributed by atoms with Gasteiger partial charge in [-0.05, 0) is 42.7 Å². The van der Waals surface area contributed by atoms with Gasteiger partial charge in [0.25, 0.3) is 0 Å².